The standard InChI is InChI=1S/C36H38O3/c1-23(2)21-37-32-18-17-27(20-34(32)38-22-24(3)4)35-28-11-7-9-13-30(28)36(31-14-10-8-12-29(31)35)39-33-19-25(5)15-16-26(33)6/h7-20,23-24H,21-22H2,1-6H3. The molecule has 200 valence electrons. The van der Waals surface area contributed by atoms with E-state index in [-0.39, 0.29) is 0 Å². The van der Waals surface area contributed by atoms with Crippen molar-refractivity contribution in [3.8, 4) is 34.1 Å². The highest BCUT2D eigenvalue weighted by Crippen LogP contribution is 2.46. The molecule has 0 aromatic heterocycles. The van der Waals surface area contributed by atoms with Crippen LogP contribution in [0.2, 0.25) is 0 Å². The first-order valence-corrected chi connectivity index (χ1v) is 13.9. The van der Waals surface area contributed by atoms with E-state index in [2.05, 4.69) is 126 Å². The van der Waals surface area contributed by atoms with Crippen molar-refractivity contribution in [1.29, 1.82) is 0 Å². The zero-order valence-corrected chi connectivity index (χ0v) is 23.9. The molecule has 0 heterocycles. The van der Waals surface area contributed by atoms with Crippen LogP contribution in [-0.4, -0.2) is 13.2 Å². The van der Waals surface area contributed by atoms with Crippen molar-refractivity contribution in [2.45, 2.75) is 41.5 Å². The second-order valence-corrected chi connectivity index (χ2v) is 11.2. The lowest BCUT2D eigenvalue weighted by Crippen LogP contribution is -2.09. The van der Waals surface area contributed by atoms with Gasteiger partial charge >= 0.3 is 0 Å². The second-order valence-electron chi connectivity index (χ2n) is 11.2. The number of rotatable bonds is 9. The van der Waals surface area contributed by atoms with Crippen molar-refractivity contribution >= 4 is 21.5 Å². The minimum absolute atomic E-state index is 0.412. The van der Waals surface area contributed by atoms with Gasteiger partial charge in [0.15, 0.2) is 11.5 Å². The van der Waals surface area contributed by atoms with Gasteiger partial charge in [0.25, 0.3) is 0 Å². The van der Waals surface area contributed by atoms with E-state index in [1.54, 1.807) is 0 Å². The zero-order chi connectivity index (χ0) is 27.5. The topological polar surface area (TPSA) is 27.7 Å². The first-order chi connectivity index (χ1) is 18.8. The predicted octanol–water partition coefficient (Wildman–Crippen LogP) is 10.1. The fourth-order valence-electron chi connectivity index (χ4n) is 4.85. The van der Waals surface area contributed by atoms with Crippen molar-refractivity contribution in [2.24, 2.45) is 11.8 Å². The van der Waals surface area contributed by atoms with Crippen LogP contribution in [0.1, 0.15) is 38.8 Å². The van der Waals surface area contributed by atoms with E-state index in [0.717, 1.165) is 55.7 Å². The molecule has 39 heavy (non-hydrogen) atoms. The highest BCUT2D eigenvalue weighted by Gasteiger charge is 2.19. The summed E-state index contributed by atoms with van der Waals surface area (Å²) in [5.74, 6) is 4.18. The Hall–Kier alpha value is -3.98. The van der Waals surface area contributed by atoms with Gasteiger partial charge in [0.2, 0.25) is 0 Å². The average Bonchev–Trinajstić information content (AvgIpc) is 2.92. The van der Waals surface area contributed by atoms with Crippen molar-refractivity contribution in [3.63, 3.8) is 0 Å². The molecule has 5 aromatic carbocycles. The maximum Gasteiger partial charge on any atom is 0.161 e. The van der Waals surface area contributed by atoms with Gasteiger partial charge in [0.05, 0.1) is 13.2 Å². The average molecular weight is 519 g/mol. The number of hydrogen-bond acceptors (Lipinski definition) is 3. The normalized spacial score (nSPS) is 11.5. The van der Waals surface area contributed by atoms with E-state index in [1.807, 2.05) is 0 Å². The summed E-state index contributed by atoms with van der Waals surface area (Å²) < 4.78 is 19.2. The molecular weight excluding hydrogens is 480 g/mol. The van der Waals surface area contributed by atoms with Crippen molar-refractivity contribution in [2.75, 3.05) is 13.2 Å². The van der Waals surface area contributed by atoms with E-state index < -0.39 is 0 Å². The Balaban J connectivity index is 1.72. The van der Waals surface area contributed by atoms with Crippen LogP contribution in [0.15, 0.2) is 84.9 Å². The Kier molecular flexibility index (Phi) is 7.79. The minimum Gasteiger partial charge on any atom is -0.489 e. The largest absolute Gasteiger partial charge is 0.489 e. The van der Waals surface area contributed by atoms with Gasteiger partial charge in [-0.25, -0.2) is 0 Å². The number of ether oxygens (including phenoxy) is 3. The Morgan fingerprint density at radius 1 is 0.564 bits per heavy atom. The van der Waals surface area contributed by atoms with Gasteiger partial charge in [-0.2, -0.15) is 0 Å². The highest BCUT2D eigenvalue weighted by molar-refractivity contribution is 6.17. The Labute approximate surface area is 232 Å². The molecule has 0 radical (unpaired) electrons. The van der Waals surface area contributed by atoms with E-state index >= 15 is 0 Å². The maximum absolute atomic E-state index is 6.72. The Morgan fingerprint density at radius 2 is 1.13 bits per heavy atom. The molecule has 5 aromatic rings. The fraction of sp³-hybridized carbons (Fsp3) is 0.278. The third kappa shape index (κ3) is 5.73. The van der Waals surface area contributed by atoms with Crippen molar-refractivity contribution in [3.05, 3.63) is 96.1 Å². The monoisotopic (exact) mass is 518 g/mol. The summed E-state index contributed by atoms with van der Waals surface area (Å²) in [5.41, 5.74) is 4.55. The van der Waals surface area contributed by atoms with E-state index in [0.29, 0.717) is 25.0 Å². The van der Waals surface area contributed by atoms with Crippen LogP contribution in [0, 0.1) is 25.7 Å². The first-order valence-electron chi connectivity index (χ1n) is 13.9. The smallest absolute Gasteiger partial charge is 0.161 e. The van der Waals surface area contributed by atoms with Crippen LogP contribution in [0.5, 0.6) is 23.0 Å². The van der Waals surface area contributed by atoms with Gasteiger partial charge in [-0.05, 0) is 76.9 Å². The molecule has 5 rings (SSSR count). The quantitative estimate of drug-likeness (QED) is 0.182. The van der Waals surface area contributed by atoms with Gasteiger partial charge in [-0.15, -0.1) is 0 Å². The van der Waals surface area contributed by atoms with Crippen LogP contribution in [0.3, 0.4) is 0 Å². The molecule has 0 fully saturated rings. The molecule has 0 bridgehead atoms. The minimum atomic E-state index is 0.412. The summed E-state index contributed by atoms with van der Waals surface area (Å²) in [7, 11) is 0. The molecule has 0 aliphatic carbocycles. The molecule has 0 spiro atoms. The lowest BCUT2D eigenvalue weighted by molar-refractivity contribution is 0.229. The SMILES string of the molecule is Cc1ccc(C)c(Oc2c3ccccc3c(-c3ccc(OCC(C)C)c(OCC(C)C)c3)c3ccccc23)c1. The van der Waals surface area contributed by atoms with Crippen LogP contribution in [0.4, 0.5) is 0 Å². The molecule has 0 N–H and O–H groups in total. The van der Waals surface area contributed by atoms with Gasteiger partial charge in [-0.3, -0.25) is 0 Å². The first kappa shape index (κ1) is 26.6. The van der Waals surface area contributed by atoms with Crippen molar-refractivity contribution in [1.82, 2.24) is 0 Å². The molecule has 3 heteroatoms. The summed E-state index contributed by atoms with van der Waals surface area (Å²) in [6.07, 6.45) is 0. The summed E-state index contributed by atoms with van der Waals surface area (Å²) in [6, 6.07) is 29.7. The van der Waals surface area contributed by atoms with Crippen LogP contribution in [0.25, 0.3) is 32.7 Å². The Morgan fingerprint density at radius 3 is 1.72 bits per heavy atom. The summed E-state index contributed by atoms with van der Waals surface area (Å²) >= 11 is 0. The number of hydrogen-bond donors (Lipinski definition) is 0. The molecule has 0 unspecified atom stereocenters. The van der Waals surface area contributed by atoms with E-state index in [4.69, 9.17) is 14.2 Å². The molecule has 0 aliphatic rings. The lowest BCUT2D eigenvalue weighted by Gasteiger charge is -2.20. The number of benzene rings is 5. The predicted molar refractivity (Wildman–Crippen MR) is 164 cm³/mol. The summed E-state index contributed by atoms with van der Waals surface area (Å²) in [4.78, 5) is 0. The van der Waals surface area contributed by atoms with Gasteiger partial charge in [0, 0.05) is 10.8 Å². The Bertz CT molecular complexity index is 1560. The number of aryl methyl sites for hydroxylation is 2. The summed E-state index contributed by atoms with van der Waals surface area (Å²) in [6.45, 7) is 14.1. The highest BCUT2D eigenvalue weighted by atomic mass is 16.5. The molecule has 0 atom stereocenters. The molecule has 0 aliphatic heterocycles. The van der Waals surface area contributed by atoms with Crippen LogP contribution in [-0.2, 0) is 0 Å². The summed E-state index contributed by atoms with van der Waals surface area (Å²) in [5, 5.41) is 4.44. The van der Waals surface area contributed by atoms with Gasteiger partial charge in [-0.1, -0.05) is 94.4 Å². The molecule has 0 saturated carbocycles. The molecular formula is C36H38O3. The second kappa shape index (κ2) is 11.4. The third-order valence-electron chi connectivity index (χ3n) is 6.81. The fourth-order valence-corrected chi connectivity index (χ4v) is 4.85. The van der Waals surface area contributed by atoms with Gasteiger partial charge in [0.1, 0.15) is 11.5 Å². The third-order valence-corrected chi connectivity index (χ3v) is 6.81. The van der Waals surface area contributed by atoms with Crippen molar-refractivity contribution < 1.29 is 14.2 Å². The zero-order valence-electron chi connectivity index (χ0n) is 23.9. The maximum atomic E-state index is 6.72. The molecule has 0 saturated heterocycles. The lowest BCUT2D eigenvalue weighted by atomic mass is 9.91. The molecule has 3 nitrogen and oxygen atoms in total. The van der Waals surface area contributed by atoms with Crippen LogP contribution >= 0.6 is 0 Å². The van der Waals surface area contributed by atoms with E-state index in [1.165, 1.54) is 11.1 Å². The molecule has 0 amide bonds. The van der Waals surface area contributed by atoms with Crippen LogP contribution < -0.4 is 14.2 Å². The van der Waals surface area contributed by atoms with Gasteiger partial charge < -0.3 is 14.2 Å². The number of fused-ring (bicyclic) bond motifs is 2. The van der Waals surface area contributed by atoms with E-state index in [9.17, 15) is 0 Å².